The Balaban J connectivity index is 1.40. The average Bonchev–Trinajstić information content (AvgIpc) is 2.88. The lowest BCUT2D eigenvalue weighted by molar-refractivity contribution is -0.387. The molecule has 0 radical (unpaired) electrons. The van der Waals surface area contributed by atoms with Crippen LogP contribution in [0, 0.1) is 16.0 Å². The van der Waals surface area contributed by atoms with Gasteiger partial charge in [0.2, 0.25) is 0 Å². The Kier molecular flexibility index (Phi) is 8.15. The zero-order valence-corrected chi connectivity index (χ0v) is 20.5. The van der Waals surface area contributed by atoms with Crippen LogP contribution in [0.2, 0.25) is 0 Å². The molecule has 7 nitrogen and oxygen atoms in total. The first-order valence-electron chi connectivity index (χ1n) is 12.0. The van der Waals surface area contributed by atoms with Crippen molar-refractivity contribution in [3.8, 4) is 0 Å². The molecule has 1 saturated heterocycles. The van der Waals surface area contributed by atoms with Crippen LogP contribution in [0.1, 0.15) is 24.8 Å². The van der Waals surface area contributed by atoms with Crippen molar-refractivity contribution in [3.63, 3.8) is 0 Å². The number of hydrogen-bond donors (Lipinski definition) is 0. The average molecular weight is 494 g/mol. The van der Waals surface area contributed by atoms with E-state index in [9.17, 15) is 18.5 Å². The Morgan fingerprint density at radius 1 is 0.886 bits per heavy atom. The zero-order chi connectivity index (χ0) is 24.7. The number of nitro benzene ring substituents is 1. The molecule has 3 aromatic carbocycles. The molecular formula is C27H31N3O4S. The van der Waals surface area contributed by atoms with E-state index in [2.05, 4.69) is 29.2 Å². The van der Waals surface area contributed by atoms with Gasteiger partial charge in [-0.25, -0.2) is 8.42 Å². The van der Waals surface area contributed by atoms with E-state index in [1.807, 2.05) is 12.1 Å². The summed E-state index contributed by atoms with van der Waals surface area (Å²) in [6.45, 7) is 3.04. The number of piperidine rings is 1. The van der Waals surface area contributed by atoms with Gasteiger partial charge in [0.05, 0.1) is 10.6 Å². The summed E-state index contributed by atoms with van der Waals surface area (Å²) in [6, 6.07) is 24.9. The van der Waals surface area contributed by atoms with Crippen molar-refractivity contribution in [1.82, 2.24) is 4.90 Å². The molecule has 0 aliphatic carbocycles. The van der Waals surface area contributed by atoms with Crippen molar-refractivity contribution in [2.45, 2.75) is 30.6 Å². The molecule has 0 spiro atoms. The van der Waals surface area contributed by atoms with Gasteiger partial charge in [0.1, 0.15) is 0 Å². The third kappa shape index (κ3) is 6.26. The van der Waals surface area contributed by atoms with E-state index in [4.69, 9.17) is 0 Å². The standard InChI is InChI=1S/C27H31N3O4S/c31-30(32)26-14-7-8-15-27(26)35(33,34)29(25-12-5-2-6-13-25)19-9-18-28-20-16-24(17-21-28)22-23-10-3-1-4-11-23/h1-8,10-15,24H,9,16-22H2. The highest BCUT2D eigenvalue weighted by Gasteiger charge is 2.31. The molecule has 4 rings (SSSR count). The molecule has 0 bridgehead atoms. The maximum Gasteiger partial charge on any atom is 0.289 e. The number of benzene rings is 3. The summed E-state index contributed by atoms with van der Waals surface area (Å²) < 4.78 is 28.4. The minimum atomic E-state index is -4.10. The van der Waals surface area contributed by atoms with Crippen molar-refractivity contribution in [2.24, 2.45) is 5.92 Å². The number of para-hydroxylation sites is 2. The van der Waals surface area contributed by atoms with E-state index < -0.39 is 20.6 Å². The van der Waals surface area contributed by atoms with E-state index in [-0.39, 0.29) is 11.4 Å². The van der Waals surface area contributed by atoms with Crippen LogP contribution in [0.5, 0.6) is 0 Å². The lowest BCUT2D eigenvalue weighted by Crippen LogP contribution is -2.38. The number of sulfonamides is 1. The van der Waals surface area contributed by atoms with Crippen LogP contribution >= 0.6 is 0 Å². The quantitative estimate of drug-likeness (QED) is 0.289. The Hall–Kier alpha value is -3.23. The lowest BCUT2D eigenvalue weighted by Gasteiger charge is -2.33. The van der Waals surface area contributed by atoms with Gasteiger partial charge in [0.15, 0.2) is 4.90 Å². The minimum Gasteiger partial charge on any atom is -0.303 e. The molecule has 0 amide bonds. The number of likely N-dealkylation sites (tertiary alicyclic amines) is 1. The molecule has 1 aliphatic rings. The molecule has 0 atom stereocenters. The molecule has 3 aromatic rings. The summed E-state index contributed by atoms with van der Waals surface area (Å²) in [7, 11) is -4.10. The van der Waals surface area contributed by atoms with Crippen molar-refractivity contribution in [2.75, 3.05) is 30.5 Å². The highest BCUT2D eigenvalue weighted by atomic mass is 32.2. The van der Waals surface area contributed by atoms with Gasteiger partial charge in [0, 0.05) is 12.6 Å². The maximum atomic E-state index is 13.6. The normalized spacial score (nSPS) is 15.1. The molecule has 0 aromatic heterocycles. The second kappa shape index (κ2) is 11.5. The van der Waals surface area contributed by atoms with Gasteiger partial charge >= 0.3 is 0 Å². The first kappa shape index (κ1) is 24.9. The number of hydrogen-bond acceptors (Lipinski definition) is 5. The predicted molar refractivity (Wildman–Crippen MR) is 138 cm³/mol. The highest BCUT2D eigenvalue weighted by molar-refractivity contribution is 7.93. The molecule has 1 heterocycles. The van der Waals surface area contributed by atoms with E-state index in [0.29, 0.717) is 18.0 Å². The molecule has 0 N–H and O–H groups in total. The van der Waals surface area contributed by atoms with Gasteiger partial charge in [-0.3, -0.25) is 14.4 Å². The third-order valence-electron chi connectivity index (χ3n) is 6.58. The molecule has 1 aliphatic heterocycles. The summed E-state index contributed by atoms with van der Waals surface area (Å²) in [5.41, 5.74) is 1.48. The summed E-state index contributed by atoms with van der Waals surface area (Å²) in [6.07, 6.45) is 4.00. The Morgan fingerprint density at radius 2 is 1.49 bits per heavy atom. The molecule has 0 unspecified atom stereocenters. The first-order valence-corrected chi connectivity index (χ1v) is 13.5. The highest BCUT2D eigenvalue weighted by Crippen LogP contribution is 2.30. The molecular weight excluding hydrogens is 462 g/mol. The SMILES string of the molecule is O=[N+]([O-])c1ccccc1S(=O)(=O)N(CCCN1CCC(Cc2ccccc2)CC1)c1ccccc1. The number of nitrogens with zero attached hydrogens (tertiary/aromatic N) is 3. The smallest absolute Gasteiger partial charge is 0.289 e. The van der Waals surface area contributed by atoms with Gasteiger partial charge in [-0.15, -0.1) is 0 Å². The van der Waals surface area contributed by atoms with Gasteiger partial charge in [-0.2, -0.15) is 0 Å². The molecule has 35 heavy (non-hydrogen) atoms. The molecule has 8 heteroatoms. The first-order chi connectivity index (χ1) is 16.9. The third-order valence-corrected chi connectivity index (χ3v) is 8.46. The van der Waals surface area contributed by atoms with Crippen molar-refractivity contribution in [1.29, 1.82) is 0 Å². The number of nitro groups is 1. The van der Waals surface area contributed by atoms with Gasteiger partial charge in [0.25, 0.3) is 15.7 Å². The number of anilines is 1. The molecule has 184 valence electrons. The van der Waals surface area contributed by atoms with Crippen LogP contribution < -0.4 is 4.31 Å². The minimum absolute atomic E-state index is 0.252. The second-order valence-electron chi connectivity index (χ2n) is 8.97. The second-order valence-corrected chi connectivity index (χ2v) is 10.8. The van der Waals surface area contributed by atoms with Crippen LogP contribution in [0.25, 0.3) is 0 Å². The fourth-order valence-corrected chi connectivity index (χ4v) is 6.39. The van der Waals surface area contributed by atoms with Gasteiger partial charge in [-0.1, -0.05) is 60.7 Å². The largest absolute Gasteiger partial charge is 0.303 e. The zero-order valence-electron chi connectivity index (χ0n) is 19.7. The summed E-state index contributed by atoms with van der Waals surface area (Å²) in [4.78, 5) is 13.0. The fourth-order valence-electron chi connectivity index (χ4n) is 4.73. The molecule has 0 saturated carbocycles. The van der Waals surface area contributed by atoms with Crippen molar-refractivity contribution >= 4 is 21.4 Å². The van der Waals surface area contributed by atoms with E-state index in [1.165, 1.54) is 34.1 Å². The van der Waals surface area contributed by atoms with E-state index >= 15 is 0 Å². The van der Waals surface area contributed by atoms with Crippen LogP contribution in [0.15, 0.2) is 89.8 Å². The van der Waals surface area contributed by atoms with Crippen LogP contribution in [0.3, 0.4) is 0 Å². The topological polar surface area (TPSA) is 83.8 Å². The van der Waals surface area contributed by atoms with Crippen LogP contribution in [0.4, 0.5) is 11.4 Å². The van der Waals surface area contributed by atoms with E-state index in [1.54, 1.807) is 24.3 Å². The monoisotopic (exact) mass is 493 g/mol. The summed E-state index contributed by atoms with van der Waals surface area (Å²) in [5, 5.41) is 11.5. The Morgan fingerprint density at radius 3 is 2.14 bits per heavy atom. The summed E-state index contributed by atoms with van der Waals surface area (Å²) >= 11 is 0. The van der Waals surface area contributed by atoms with Crippen molar-refractivity contribution in [3.05, 3.63) is 101 Å². The number of rotatable bonds is 10. The molecule has 1 fully saturated rings. The van der Waals surface area contributed by atoms with Crippen LogP contribution in [-0.2, 0) is 16.4 Å². The lowest BCUT2D eigenvalue weighted by atomic mass is 9.90. The Bertz CT molecular complexity index is 1210. The Labute approximate surface area is 207 Å². The van der Waals surface area contributed by atoms with Gasteiger partial charge in [-0.05, 0) is 75.0 Å². The van der Waals surface area contributed by atoms with E-state index in [0.717, 1.165) is 38.9 Å². The van der Waals surface area contributed by atoms with Crippen LogP contribution in [-0.4, -0.2) is 44.4 Å². The predicted octanol–water partition coefficient (Wildman–Crippen LogP) is 5.13. The maximum absolute atomic E-state index is 13.6. The van der Waals surface area contributed by atoms with Gasteiger partial charge < -0.3 is 4.90 Å². The fraction of sp³-hybridized carbons (Fsp3) is 0.333. The van der Waals surface area contributed by atoms with Crippen molar-refractivity contribution < 1.29 is 13.3 Å². The summed E-state index contributed by atoms with van der Waals surface area (Å²) in [5.74, 6) is 0.675.